The number of imidazole rings is 1. The molecule has 0 aliphatic carbocycles. The molecule has 0 radical (unpaired) electrons. The Morgan fingerprint density at radius 3 is 2.88 bits per heavy atom. The quantitative estimate of drug-likeness (QED) is 0.671. The first-order chi connectivity index (χ1) is 12.1. The summed E-state index contributed by atoms with van der Waals surface area (Å²) < 4.78 is 2.04. The second-order valence-electron chi connectivity index (χ2n) is 5.82. The molecular formula is C19H16ClN3OS. The first kappa shape index (κ1) is 16.2. The number of amides is 1. The maximum Gasteiger partial charge on any atom is 0.258 e. The third-order valence-corrected chi connectivity index (χ3v) is 5.48. The predicted octanol–water partition coefficient (Wildman–Crippen LogP) is 4.41. The number of para-hydroxylation sites is 2. The van der Waals surface area contributed by atoms with Crippen LogP contribution in [0.1, 0.15) is 16.2 Å². The summed E-state index contributed by atoms with van der Waals surface area (Å²) in [5, 5.41) is 1.49. The highest BCUT2D eigenvalue weighted by atomic mass is 35.5. The van der Waals surface area contributed by atoms with Crippen molar-refractivity contribution >= 4 is 46.4 Å². The highest BCUT2D eigenvalue weighted by Crippen LogP contribution is 2.31. The van der Waals surface area contributed by atoms with Gasteiger partial charge in [-0.1, -0.05) is 29.8 Å². The summed E-state index contributed by atoms with van der Waals surface area (Å²) in [4.78, 5) is 19.3. The number of thioether (sulfide) groups is 1. The lowest BCUT2D eigenvalue weighted by Crippen LogP contribution is -2.26. The van der Waals surface area contributed by atoms with Crippen molar-refractivity contribution in [2.45, 2.75) is 0 Å². The van der Waals surface area contributed by atoms with E-state index in [-0.39, 0.29) is 5.91 Å². The van der Waals surface area contributed by atoms with Crippen LogP contribution in [0.3, 0.4) is 0 Å². The molecule has 1 amide bonds. The fourth-order valence-corrected chi connectivity index (χ4v) is 4.12. The van der Waals surface area contributed by atoms with Crippen LogP contribution in [0.5, 0.6) is 0 Å². The van der Waals surface area contributed by atoms with E-state index in [0.29, 0.717) is 17.1 Å². The van der Waals surface area contributed by atoms with Gasteiger partial charge in [0.2, 0.25) is 0 Å². The molecule has 1 fully saturated rings. The Morgan fingerprint density at radius 2 is 2.08 bits per heavy atom. The number of fused-ring (bicyclic) bond motifs is 1. The Bertz CT molecular complexity index is 995. The molecule has 3 aromatic rings. The summed E-state index contributed by atoms with van der Waals surface area (Å²) in [5.74, 6) is 1.69. The zero-order valence-corrected chi connectivity index (χ0v) is 15.2. The molecule has 1 aliphatic rings. The minimum absolute atomic E-state index is 0.0301. The van der Waals surface area contributed by atoms with Gasteiger partial charge in [0.05, 0.1) is 16.1 Å². The largest absolute Gasteiger partial charge is 0.328 e. The zero-order valence-electron chi connectivity index (χ0n) is 13.6. The smallest absolute Gasteiger partial charge is 0.258 e. The third-order valence-electron chi connectivity index (χ3n) is 4.22. The number of halogens is 1. The van der Waals surface area contributed by atoms with Gasteiger partial charge in [-0.15, -0.1) is 11.8 Å². The van der Waals surface area contributed by atoms with Crippen molar-refractivity contribution in [3.63, 3.8) is 0 Å². The van der Waals surface area contributed by atoms with Crippen LogP contribution < -0.4 is 0 Å². The zero-order chi connectivity index (χ0) is 17.4. The van der Waals surface area contributed by atoms with E-state index < -0.39 is 0 Å². The average Bonchev–Trinajstić information content (AvgIpc) is 3.20. The Kier molecular flexibility index (Phi) is 4.27. The van der Waals surface area contributed by atoms with E-state index in [2.05, 4.69) is 4.98 Å². The lowest BCUT2D eigenvalue weighted by Gasteiger charge is -2.17. The van der Waals surface area contributed by atoms with Crippen LogP contribution in [-0.4, -0.2) is 32.7 Å². The summed E-state index contributed by atoms with van der Waals surface area (Å²) in [5.41, 5.74) is 2.63. The maximum atomic E-state index is 12.8. The van der Waals surface area contributed by atoms with E-state index in [1.807, 2.05) is 42.0 Å². The van der Waals surface area contributed by atoms with E-state index in [1.165, 1.54) is 0 Å². The van der Waals surface area contributed by atoms with E-state index in [0.717, 1.165) is 27.6 Å². The number of rotatable bonds is 2. The van der Waals surface area contributed by atoms with Crippen LogP contribution in [0.15, 0.2) is 53.6 Å². The molecule has 4 rings (SSSR count). The van der Waals surface area contributed by atoms with Crippen molar-refractivity contribution in [3.05, 3.63) is 70.0 Å². The highest BCUT2D eigenvalue weighted by molar-refractivity contribution is 8.03. The van der Waals surface area contributed by atoms with Gasteiger partial charge in [0.15, 0.2) is 0 Å². The van der Waals surface area contributed by atoms with Gasteiger partial charge in [-0.05, 0) is 30.3 Å². The fourth-order valence-electron chi connectivity index (χ4n) is 2.93. The maximum absolute atomic E-state index is 12.8. The number of carbonyl (C=O) groups is 1. The van der Waals surface area contributed by atoms with Gasteiger partial charge in [0, 0.05) is 36.0 Å². The summed E-state index contributed by atoms with van der Waals surface area (Å²) in [7, 11) is 1.99. The van der Waals surface area contributed by atoms with Crippen molar-refractivity contribution in [2.75, 3.05) is 12.3 Å². The Balaban J connectivity index is 1.70. The lowest BCUT2D eigenvalue weighted by molar-refractivity contribution is 0.0831. The minimum atomic E-state index is -0.0301. The monoisotopic (exact) mass is 369 g/mol. The molecule has 0 bridgehead atoms. The van der Waals surface area contributed by atoms with Crippen molar-refractivity contribution in [1.29, 1.82) is 0 Å². The first-order valence-electron chi connectivity index (χ1n) is 7.97. The van der Waals surface area contributed by atoms with Crippen molar-refractivity contribution in [3.8, 4) is 0 Å². The number of nitrogens with zero attached hydrogens (tertiary/aromatic N) is 3. The predicted molar refractivity (Wildman–Crippen MR) is 104 cm³/mol. The molecule has 126 valence electrons. The van der Waals surface area contributed by atoms with Crippen LogP contribution in [0.25, 0.3) is 17.1 Å². The Hall–Kier alpha value is -2.24. The van der Waals surface area contributed by atoms with Gasteiger partial charge < -0.3 is 9.47 Å². The molecule has 0 unspecified atom stereocenters. The van der Waals surface area contributed by atoms with E-state index in [9.17, 15) is 4.79 Å². The van der Waals surface area contributed by atoms with Crippen LogP contribution in [0, 0.1) is 0 Å². The number of carbonyl (C=O) groups excluding carboxylic acids is 1. The van der Waals surface area contributed by atoms with Crippen molar-refractivity contribution in [2.24, 2.45) is 7.05 Å². The molecule has 0 saturated carbocycles. The minimum Gasteiger partial charge on any atom is -0.328 e. The Morgan fingerprint density at radius 1 is 1.24 bits per heavy atom. The molecule has 4 nitrogen and oxygen atoms in total. The first-order valence-corrected chi connectivity index (χ1v) is 9.33. The molecule has 25 heavy (non-hydrogen) atoms. The summed E-state index contributed by atoms with van der Waals surface area (Å²) in [6, 6.07) is 15.1. The van der Waals surface area contributed by atoms with Crippen molar-refractivity contribution < 1.29 is 4.79 Å². The van der Waals surface area contributed by atoms with Crippen LogP contribution >= 0.6 is 23.4 Å². The molecule has 0 atom stereocenters. The number of benzene rings is 2. The molecular weight excluding hydrogens is 354 g/mol. The van der Waals surface area contributed by atoms with Gasteiger partial charge in [-0.2, -0.15) is 0 Å². The lowest BCUT2D eigenvalue weighted by atomic mass is 10.2. The third kappa shape index (κ3) is 3.05. The van der Waals surface area contributed by atoms with Crippen LogP contribution in [0.4, 0.5) is 0 Å². The van der Waals surface area contributed by atoms with Crippen molar-refractivity contribution in [1.82, 2.24) is 14.5 Å². The van der Waals surface area contributed by atoms with E-state index >= 15 is 0 Å². The second-order valence-corrected chi connectivity index (χ2v) is 7.37. The van der Waals surface area contributed by atoms with Gasteiger partial charge >= 0.3 is 0 Å². The summed E-state index contributed by atoms with van der Waals surface area (Å²) in [6.45, 7) is 0.686. The normalized spacial score (nSPS) is 16.1. The molecule has 6 heteroatoms. The molecule has 1 aliphatic heterocycles. The number of hydrogen-bond donors (Lipinski definition) is 0. The fraction of sp³-hybridized carbons (Fsp3) is 0.158. The molecule has 0 spiro atoms. The second kappa shape index (κ2) is 6.58. The SMILES string of the molecule is Cn1c(/C=C2/SCCN2C(=O)c2cccc(Cl)c2)nc2ccccc21. The van der Waals surface area contributed by atoms with E-state index in [4.69, 9.17) is 11.6 Å². The number of hydrogen-bond acceptors (Lipinski definition) is 3. The number of aryl methyl sites for hydroxylation is 1. The highest BCUT2D eigenvalue weighted by Gasteiger charge is 2.26. The van der Waals surface area contributed by atoms with Crippen LogP contribution in [-0.2, 0) is 7.05 Å². The van der Waals surface area contributed by atoms with Gasteiger partial charge in [-0.25, -0.2) is 4.98 Å². The topological polar surface area (TPSA) is 38.1 Å². The standard InChI is InChI=1S/C19H16ClN3OS/c1-22-16-8-3-2-7-15(16)21-17(22)12-18-23(9-10-25-18)19(24)13-5-4-6-14(20)11-13/h2-8,11-12H,9-10H2,1H3/b18-12+. The van der Waals surface area contributed by atoms with Gasteiger partial charge in [-0.3, -0.25) is 4.79 Å². The van der Waals surface area contributed by atoms with Gasteiger partial charge in [0.1, 0.15) is 5.82 Å². The average molecular weight is 370 g/mol. The molecule has 2 heterocycles. The molecule has 2 aromatic carbocycles. The molecule has 0 N–H and O–H groups in total. The van der Waals surface area contributed by atoms with Crippen LogP contribution in [0.2, 0.25) is 5.02 Å². The van der Waals surface area contributed by atoms with Gasteiger partial charge in [0.25, 0.3) is 5.91 Å². The summed E-state index contributed by atoms with van der Waals surface area (Å²) in [6.07, 6.45) is 1.99. The molecule has 1 aromatic heterocycles. The number of aromatic nitrogens is 2. The molecule has 1 saturated heterocycles. The summed E-state index contributed by atoms with van der Waals surface area (Å²) >= 11 is 7.69. The van der Waals surface area contributed by atoms with E-state index in [1.54, 1.807) is 40.9 Å². The Labute approximate surface area is 155 Å².